The summed E-state index contributed by atoms with van der Waals surface area (Å²) in [6.45, 7) is 0. The SMILES string of the molecule is COc1cc(C=O)c(Br)cc1OC(=O)c1ccccc1. The van der Waals surface area contributed by atoms with E-state index in [9.17, 15) is 9.59 Å². The van der Waals surface area contributed by atoms with Gasteiger partial charge in [0.15, 0.2) is 17.8 Å². The number of methoxy groups -OCH3 is 1. The van der Waals surface area contributed by atoms with Crippen molar-refractivity contribution in [3.05, 3.63) is 58.1 Å². The highest BCUT2D eigenvalue weighted by Gasteiger charge is 2.14. The van der Waals surface area contributed by atoms with Gasteiger partial charge in [-0.1, -0.05) is 18.2 Å². The van der Waals surface area contributed by atoms with Crippen LogP contribution in [0.25, 0.3) is 0 Å². The maximum absolute atomic E-state index is 12.0. The average Bonchev–Trinajstić information content (AvgIpc) is 2.48. The van der Waals surface area contributed by atoms with Gasteiger partial charge in [-0.3, -0.25) is 4.79 Å². The predicted octanol–water partition coefficient (Wildman–Crippen LogP) is 3.49. The lowest BCUT2D eigenvalue weighted by Crippen LogP contribution is -2.09. The molecule has 20 heavy (non-hydrogen) atoms. The van der Waals surface area contributed by atoms with Crippen LogP contribution in [0, 0.1) is 0 Å². The van der Waals surface area contributed by atoms with Crippen molar-refractivity contribution < 1.29 is 19.1 Å². The van der Waals surface area contributed by atoms with Crippen molar-refractivity contribution in [3.63, 3.8) is 0 Å². The molecule has 0 unspecified atom stereocenters. The molecule has 0 aliphatic heterocycles. The van der Waals surface area contributed by atoms with Gasteiger partial charge in [-0.05, 0) is 40.2 Å². The highest BCUT2D eigenvalue weighted by atomic mass is 79.9. The lowest BCUT2D eigenvalue weighted by molar-refractivity contribution is 0.0729. The maximum Gasteiger partial charge on any atom is 0.343 e. The summed E-state index contributed by atoms with van der Waals surface area (Å²) in [7, 11) is 1.44. The second-order valence-electron chi connectivity index (χ2n) is 3.90. The first-order valence-corrected chi connectivity index (χ1v) is 6.55. The van der Waals surface area contributed by atoms with E-state index < -0.39 is 5.97 Å². The van der Waals surface area contributed by atoms with Crippen molar-refractivity contribution in [2.75, 3.05) is 7.11 Å². The summed E-state index contributed by atoms with van der Waals surface area (Å²) in [6.07, 6.45) is 0.690. The number of carbonyl (C=O) groups excluding carboxylic acids is 2. The molecule has 0 aromatic heterocycles. The van der Waals surface area contributed by atoms with Crippen molar-refractivity contribution in [2.24, 2.45) is 0 Å². The summed E-state index contributed by atoms with van der Waals surface area (Å²) in [5, 5.41) is 0. The number of esters is 1. The molecule has 0 aliphatic rings. The Kier molecular flexibility index (Phi) is 4.53. The zero-order chi connectivity index (χ0) is 14.5. The van der Waals surface area contributed by atoms with Crippen molar-refractivity contribution in [2.45, 2.75) is 0 Å². The fourth-order valence-electron chi connectivity index (χ4n) is 1.61. The molecule has 0 amide bonds. The summed E-state index contributed by atoms with van der Waals surface area (Å²) in [6, 6.07) is 11.7. The van der Waals surface area contributed by atoms with E-state index in [1.807, 2.05) is 6.07 Å². The number of ether oxygens (including phenoxy) is 2. The standard InChI is InChI=1S/C15H11BrO4/c1-19-13-7-11(9-17)12(16)8-14(13)20-15(18)10-5-3-2-4-6-10/h2-9H,1H3. The van der Waals surface area contributed by atoms with Gasteiger partial charge in [-0.2, -0.15) is 0 Å². The lowest BCUT2D eigenvalue weighted by Gasteiger charge is -2.10. The Hall–Kier alpha value is -2.14. The number of carbonyl (C=O) groups is 2. The van der Waals surface area contributed by atoms with Crippen LogP contribution >= 0.6 is 15.9 Å². The van der Waals surface area contributed by atoms with Gasteiger partial charge in [0.25, 0.3) is 0 Å². The molecular weight excluding hydrogens is 324 g/mol. The Balaban J connectivity index is 2.31. The zero-order valence-electron chi connectivity index (χ0n) is 10.6. The molecule has 0 saturated carbocycles. The van der Waals surface area contributed by atoms with Crippen LogP contribution in [0.4, 0.5) is 0 Å². The van der Waals surface area contributed by atoms with E-state index in [1.165, 1.54) is 19.2 Å². The summed E-state index contributed by atoms with van der Waals surface area (Å²) in [5.41, 5.74) is 0.853. The molecular formula is C15H11BrO4. The Bertz CT molecular complexity index is 638. The molecule has 0 heterocycles. The molecule has 0 aliphatic carbocycles. The van der Waals surface area contributed by atoms with Gasteiger partial charge in [0, 0.05) is 10.0 Å². The number of hydrogen-bond acceptors (Lipinski definition) is 4. The van der Waals surface area contributed by atoms with Gasteiger partial charge in [-0.25, -0.2) is 4.79 Å². The fraction of sp³-hybridized carbons (Fsp3) is 0.0667. The van der Waals surface area contributed by atoms with Crippen LogP contribution in [0.3, 0.4) is 0 Å². The van der Waals surface area contributed by atoms with E-state index in [4.69, 9.17) is 9.47 Å². The topological polar surface area (TPSA) is 52.6 Å². The van der Waals surface area contributed by atoms with Crippen LogP contribution < -0.4 is 9.47 Å². The molecule has 0 spiro atoms. The Morgan fingerprint density at radius 2 is 1.85 bits per heavy atom. The number of benzene rings is 2. The van der Waals surface area contributed by atoms with Gasteiger partial charge in [-0.15, -0.1) is 0 Å². The predicted molar refractivity (Wildman–Crippen MR) is 77.5 cm³/mol. The van der Waals surface area contributed by atoms with E-state index >= 15 is 0 Å². The third-order valence-electron chi connectivity index (χ3n) is 2.62. The third kappa shape index (κ3) is 3.05. The molecule has 4 nitrogen and oxygen atoms in total. The van der Waals surface area contributed by atoms with E-state index in [1.54, 1.807) is 24.3 Å². The first kappa shape index (κ1) is 14.3. The minimum atomic E-state index is -0.491. The van der Waals surface area contributed by atoms with E-state index in [0.717, 1.165) is 0 Å². The maximum atomic E-state index is 12.0. The normalized spacial score (nSPS) is 9.90. The van der Waals surface area contributed by atoms with Crippen LogP contribution in [0.2, 0.25) is 0 Å². The van der Waals surface area contributed by atoms with Crippen LogP contribution in [-0.2, 0) is 0 Å². The van der Waals surface area contributed by atoms with Crippen molar-refractivity contribution in [1.82, 2.24) is 0 Å². The third-order valence-corrected chi connectivity index (χ3v) is 3.31. The summed E-state index contributed by atoms with van der Waals surface area (Å²) in [5.74, 6) is 0.0769. The van der Waals surface area contributed by atoms with Gasteiger partial charge < -0.3 is 9.47 Å². The number of hydrogen-bond donors (Lipinski definition) is 0. The zero-order valence-corrected chi connectivity index (χ0v) is 12.2. The monoisotopic (exact) mass is 334 g/mol. The first-order chi connectivity index (χ1) is 9.65. The quantitative estimate of drug-likeness (QED) is 0.488. The Labute approximate surface area is 124 Å². The largest absolute Gasteiger partial charge is 0.493 e. The summed E-state index contributed by atoms with van der Waals surface area (Å²) in [4.78, 5) is 22.8. The molecule has 2 aromatic rings. The minimum absolute atomic E-state index is 0.249. The average molecular weight is 335 g/mol. The lowest BCUT2D eigenvalue weighted by atomic mass is 10.2. The highest BCUT2D eigenvalue weighted by molar-refractivity contribution is 9.10. The molecule has 0 fully saturated rings. The fourth-order valence-corrected chi connectivity index (χ4v) is 2.03. The molecule has 0 saturated heterocycles. The molecule has 5 heteroatoms. The van der Waals surface area contributed by atoms with E-state index in [0.29, 0.717) is 27.6 Å². The number of rotatable bonds is 4. The molecule has 0 atom stereocenters. The van der Waals surface area contributed by atoms with Crippen molar-refractivity contribution >= 4 is 28.2 Å². The summed E-state index contributed by atoms with van der Waals surface area (Å²) >= 11 is 3.24. The van der Waals surface area contributed by atoms with Crippen molar-refractivity contribution in [3.8, 4) is 11.5 Å². The highest BCUT2D eigenvalue weighted by Crippen LogP contribution is 2.33. The molecule has 102 valence electrons. The molecule has 2 aromatic carbocycles. The van der Waals surface area contributed by atoms with Crippen LogP contribution in [0.1, 0.15) is 20.7 Å². The van der Waals surface area contributed by atoms with E-state index in [-0.39, 0.29) is 5.75 Å². The second-order valence-corrected chi connectivity index (χ2v) is 4.75. The second kappa shape index (κ2) is 6.34. The van der Waals surface area contributed by atoms with E-state index in [2.05, 4.69) is 15.9 Å². The van der Waals surface area contributed by atoms with Crippen LogP contribution in [-0.4, -0.2) is 19.4 Å². The summed E-state index contributed by atoms with van der Waals surface area (Å²) < 4.78 is 10.9. The molecule has 2 rings (SSSR count). The molecule has 0 N–H and O–H groups in total. The number of halogens is 1. The minimum Gasteiger partial charge on any atom is -0.493 e. The number of aldehydes is 1. The van der Waals surface area contributed by atoms with Gasteiger partial charge in [0.2, 0.25) is 0 Å². The van der Waals surface area contributed by atoms with Gasteiger partial charge in [0.1, 0.15) is 0 Å². The first-order valence-electron chi connectivity index (χ1n) is 5.75. The van der Waals surface area contributed by atoms with Crippen molar-refractivity contribution in [1.29, 1.82) is 0 Å². The Morgan fingerprint density at radius 1 is 1.15 bits per heavy atom. The molecule has 0 bridgehead atoms. The van der Waals surface area contributed by atoms with Crippen LogP contribution in [0.15, 0.2) is 46.9 Å². The van der Waals surface area contributed by atoms with Crippen LogP contribution in [0.5, 0.6) is 11.5 Å². The Morgan fingerprint density at radius 3 is 2.45 bits per heavy atom. The smallest absolute Gasteiger partial charge is 0.343 e. The van der Waals surface area contributed by atoms with Gasteiger partial charge in [0.05, 0.1) is 12.7 Å². The van der Waals surface area contributed by atoms with Gasteiger partial charge >= 0.3 is 5.97 Å². The molecule has 0 radical (unpaired) electrons.